The summed E-state index contributed by atoms with van der Waals surface area (Å²) in [5.74, 6) is -0.358. The van der Waals surface area contributed by atoms with E-state index in [9.17, 15) is 14.0 Å². The van der Waals surface area contributed by atoms with Gasteiger partial charge in [-0.15, -0.1) is 0 Å². The third-order valence-corrected chi connectivity index (χ3v) is 5.16. The minimum Gasteiger partial charge on any atom is -0.395 e. The van der Waals surface area contributed by atoms with Gasteiger partial charge in [-0.25, -0.2) is 4.39 Å². The fourth-order valence-corrected chi connectivity index (χ4v) is 3.92. The summed E-state index contributed by atoms with van der Waals surface area (Å²) in [4.78, 5) is 28.2. The maximum atomic E-state index is 13.0. The second kappa shape index (κ2) is 6.89. The molecule has 2 fully saturated rings. The van der Waals surface area contributed by atoms with Crippen LogP contribution in [0.5, 0.6) is 0 Å². The van der Waals surface area contributed by atoms with Gasteiger partial charge in [0.2, 0.25) is 5.91 Å². The van der Waals surface area contributed by atoms with Gasteiger partial charge in [0.25, 0.3) is 5.91 Å². The molecule has 0 aliphatic carbocycles. The molecule has 1 aromatic rings. The highest BCUT2D eigenvalue weighted by atomic mass is 19.1. The first-order valence-electron chi connectivity index (χ1n) is 8.46. The molecule has 130 valence electrons. The monoisotopic (exact) mass is 334 g/mol. The van der Waals surface area contributed by atoms with Crippen molar-refractivity contribution in [1.29, 1.82) is 0 Å². The molecule has 2 heterocycles. The number of nitrogens with zero attached hydrogens (tertiary/aromatic N) is 2. The average molecular weight is 334 g/mol. The van der Waals surface area contributed by atoms with E-state index in [1.165, 1.54) is 24.3 Å². The number of carbonyl (C=O) groups excluding carboxylic acids is 2. The summed E-state index contributed by atoms with van der Waals surface area (Å²) in [6.45, 7) is 2.20. The molecule has 2 aliphatic heterocycles. The third-order valence-electron chi connectivity index (χ3n) is 5.16. The minimum atomic E-state index is -0.355. The lowest BCUT2D eigenvalue weighted by atomic mass is 9.73. The van der Waals surface area contributed by atoms with Gasteiger partial charge in [0, 0.05) is 43.6 Å². The van der Waals surface area contributed by atoms with E-state index < -0.39 is 0 Å². The Morgan fingerprint density at radius 1 is 1.21 bits per heavy atom. The third kappa shape index (κ3) is 3.43. The summed E-state index contributed by atoms with van der Waals surface area (Å²) in [5.41, 5.74) is 0.407. The van der Waals surface area contributed by atoms with Crippen LogP contribution in [0.2, 0.25) is 0 Å². The van der Waals surface area contributed by atoms with Crippen LogP contribution in [0, 0.1) is 11.2 Å². The molecule has 3 rings (SSSR count). The Bertz CT molecular complexity index is 619. The van der Waals surface area contributed by atoms with Crippen molar-refractivity contribution in [3.05, 3.63) is 35.6 Å². The van der Waals surface area contributed by atoms with Gasteiger partial charge in [-0.05, 0) is 43.5 Å². The number of halogens is 1. The first kappa shape index (κ1) is 16.9. The molecule has 0 bridgehead atoms. The molecule has 0 unspecified atom stereocenters. The predicted octanol–water partition coefficient (Wildman–Crippen LogP) is 1.66. The Balaban J connectivity index is 1.72. The van der Waals surface area contributed by atoms with Crippen molar-refractivity contribution in [2.75, 3.05) is 32.8 Å². The van der Waals surface area contributed by atoms with Crippen LogP contribution in [-0.2, 0) is 4.79 Å². The van der Waals surface area contributed by atoms with E-state index in [1.807, 2.05) is 4.90 Å². The van der Waals surface area contributed by atoms with Crippen LogP contribution >= 0.6 is 0 Å². The number of hydrogen-bond donors (Lipinski definition) is 1. The summed E-state index contributed by atoms with van der Waals surface area (Å²) in [6, 6.07) is 5.63. The Morgan fingerprint density at radius 3 is 2.67 bits per heavy atom. The summed E-state index contributed by atoms with van der Waals surface area (Å²) < 4.78 is 13.0. The van der Waals surface area contributed by atoms with Gasteiger partial charge < -0.3 is 14.9 Å². The van der Waals surface area contributed by atoms with Crippen LogP contribution in [0.15, 0.2) is 24.3 Å². The van der Waals surface area contributed by atoms with Gasteiger partial charge >= 0.3 is 0 Å². The largest absolute Gasteiger partial charge is 0.395 e. The number of aliphatic hydroxyl groups is 1. The highest BCUT2D eigenvalue weighted by molar-refractivity contribution is 5.94. The number of hydrogen-bond acceptors (Lipinski definition) is 3. The zero-order valence-electron chi connectivity index (χ0n) is 13.7. The normalized spacial score (nSPS) is 24.5. The Hall–Kier alpha value is -1.95. The fourth-order valence-electron chi connectivity index (χ4n) is 3.92. The zero-order chi connectivity index (χ0) is 17.2. The van der Waals surface area contributed by atoms with Gasteiger partial charge in [-0.1, -0.05) is 0 Å². The predicted molar refractivity (Wildman–Crippen MR) is 86.9 cm³/mol. The SMILES string of the molecule is O=C1CC[C@@]2(CCCN(C(=O)c3ccc(F)cc3)C2)CN1CCO. The molecule has 6 heteroatoms. The van der Waals surface area contributed by atoms with Crippen LogP contribution in [-0.4, -0.2) is 59.5 Å². The molecule has 1 atom stereocenters. The number of rotatable bonds is 3. The van der Waals surface area contributed by atoms with Gasteiger partial charge in [0.05, 0.1) is 6.61 Å². The molecule has 2 aliphatic rings. The first-order valence-corrected chi connectivity index (χ1v) is 8.46. The van der Waals surface area contributed by atoms with Crippen LogP contribution < -0.4 is 0 Å². The van der Waals surface area contributed by atoms with Gasteiger partial charge in [0.1, 0.15) is 5.82 Å². The number of carbonyl (C=O) groups is 2. The average Bonchev–Trinajstić information content (AvgIpc) is 2.59. The molecule has 24 heavy (non-hydrogen) atoms. The lowest BCUT2D eigenvalue weighted by molar-refractivity contribution is -0.139. The summed E-state index contributed by atoms with van der Waals surface area (Å²) >= 11 is 0. The molecule has 0 radical (unpaired) electrons. The Kier molecular flexibility index (Phi) is 4.85. The second-order valence-corrected chi connectivity index (χ2v) is 6.88. The number of piperidine rings is 2. The standard InChI is InChI=1S/C18H23FN2O3/c19-15-4-2-14(3-5-15)17(24)21-9-1-7-18(13-21)8-6-16(23)20(12-18)10-11-22/h2-5,22H,1,6-13H2/t18-/m0/s1. The van der Waals surface area contributed by atoms with Crippen molar-refractivity contribution >= 4 is 11.8 Å². The molecule has 0 aromatic heterocycles. The van der Waals surface area contributed by atoms with E-state index in [-0.39, 0.29) is 29.7 Å². The van der Waals surface area contributed by atoms with Crippen LogP contribution in [0.4, 0.5) is 4.39 Å². The second-order valence-electron chi connectivity index (χ2n) is 6.88. The molecule has 1 spiro atoms. The quantitative estimate of drug-likeness (QED) is 0.915. The Morgan fingerprint density at radius 2 is 1.96 bits per heavy atom. The van der Waals surface area contributed by atoms with Crippen LogP contribution in [0.3, 0.4) is 0 Å². The van der Waals surface area contributed by atoms with Crippen LogP contribution in [0.1, 0.15) is 36.0 Å². The summed E-state index contributed by atoms with van der Waals surface area (Å²) in [7, 11) is 0. The molecule has 5 nitrogen and oxygen atoms in total. The van der Waals surface area contributed by atoms with Crippen molar-refractivity contribution in [3.63, 3.8) is 0 Å². The molecule has 1 N–H and O–H groups in total. The maximum absolute atomic E-state index is 13.0. The number of aliphatic hydroxyl groups excluding tert-OH is 1. The van der Waals surface area contributed by atoms with E-state index >= 15 is 0 Å². The fraction of sp³-hybridized carbons (Fsp3) is 0.556. The summed E-state index contributed by atoms with van der Waals surface area (Å²) in [5, 5.41) is 9.15. The van der Waals surface area contributed by atoms with Crippen LogP contribution in [0.25, 0.3) is 0 Å². The lowest BCUT2D eigenvalue weighted by Gasteiger charge is -2.48. The first-order chi connectivity index (χ1) is 11.5. The lowest BCUT2D eigenvalue weighted by Crippen LogP contribution is -2.55. The van der Waals surface area contributed by atoms with Crippen molar-refractivity contribution < 1.29 is 19.1 Å². The smallest absolute Gasteiger partial charge is 0.253 e. The number of β-amino-alcohol motifs (C(OH)–C–C–N with tert-alkyl or cyclic N) is 1. The number of likely N-dealkylation sites (tertiary alicyclic amines) is 2. The summed E-state index contributed by atoms with van der Waals surface area (Å²) in [6.07, 6.45) is 3.13. The van der Waals surface area contributed by atoms with E-state index in [1.54, 1.807) is 4.90 Å². The minimum absolute atomic E-state index is 0.0416. The van der Waals surface area contributed by atoms with Crippen molar-refractivity contribution in [2.24, 2.45) is 5.41 Å². The molecule has 2 amide bonds. The number of amides is 2. The molecule has 1 aromatic carbocycles. The molecular formula is C18H23FN2O3. The van der Waals surface area contributed by atoms with E-state index in [0.717, 1.165) is 19.3 Å². The highest BCUT2D eigenvalue weighted by Gasteiger charge is 2.42. The van der Waals surface area contributed by atoms with Gasteiger partial charge in [-0.3, -0.25) is 9.59 Å². The van der Waals surface area contributed by atoms with Crippen molar-refractivity contribution in [3.8, 4) is 0 Å². The Labute approximate surface area is 141 Å². The van der Waals surface area contributed by atoms with Crippen molar-refractivity contribution in [2.45, 2.75) is 25.7 Å². The highest BCUT2D eigenvalue weighted by Crippen LogP contribution is 2.39. The molecule has 0 saturated carbocycles. The van der Waals surface area contributed by atoms with E-state index in [4.69, 9.17) is 5.11 Å². The molecular weight excluding hydrogens is 311 g/mol. The van der Waals surface area contributed by atoms with Crippen molar-refractivity contribution in [1.82, 2.24) is 9.80 Å². The maximum Gasteiger partial charge on any atom is 0.253 e. The van der Waals surface area contributed by atoms with E-state index in [0.29, 0.717) is 38.2 Å². The topological polar surface area (TPSA) is 60.9 Å². The number of benzene rings is 1. The van der Waals surface area contributed by atoms with E-state index in [2.05, 4.69) is 0 Å². The zero-order valence-corrected chi connectivity index (χ0v) is 13.7. The molecule has 2 saturated heterocycles. The van der Waals surface area contributed by atoms with Gasteiger partial charge in [0.15, 0.2) is 0 Å². The van der Waals surface area contributed by atoms with Gasteiger partial charge in [-0.2, -0.15) is 0 Å².